The van der Waals surface area contributed by atoms with E-state index in [1.807, 2.05) is 0 Å². The molecular weight excluding hydrogens is 159 g/mol. The smallest absolute Gasteiger partial charge is 0.0972 e. The zero-order chi connectivity index (χ0) is 7.49. The van der Waals surface area contributed by atoms with Crippen LogP contribution in [0, 0.1) is 0 Å². The molecule has 0 aromatic heterocycles. The van der Waals surface area contributed by atoms with Crippen LogP contribution < -0.4 is 0 Å². The summed E-state index contributed by atoms with van der Waals surface area (Å²) in [6.45, 7) is 5.14. The molecule has 0 fully saturated rings. The van der Waals surface area contributed by atoms with E-state index in [1.54, 1.807) is 6.92 Å². The Balaban J connectivity index is 3.97. The number of aliphatic hydroxyl groups is 1. The predicted octanol–water partition coefficient (Wildman–Crippen LogP) is 1.77. The van der Waals surface area contributed by atoms with Crippen molar-refractivity contribution in [3.8, 4) is 0 Å². The van der Waals surface area contributed by atoms with Crippen LogP contribution in [0.25, 0.3) is 0 Å². The highest BCUT2D eigenvalue weighted by molar-refractivity contribution is 6.20. The van der Waals surface area contributed by atoms with Gasteiger partial charge >= 0.3 is 0 Å². The first-order valence-corrected chi connectivity index (χ1v) is 3.64. The quantitative estimate of drug-likeness (QED) is 0.504. The van der Waals surface area contributed by atoms with Crippen LogP contribution in [0.15, 0.2) is 12.2 Å². The van der Waals surface area contributed by atoms with Crippen LogP contribution in [-0.4, -0.2) is 22.5 Å². The highest BCUT2D eigenvalue weighted by atomic mass is 35.5. The SMILES string of the molecule is C=C(CCl)[C@](C)(O)CCl. The van der Waals surface area contributed by atoms with Crippen molar-refractivity contribution in [1.29, 1.82) is 0 Å². The molecule has 0 unspecified atom stereocenters. The topological polar surface area (TPSA) is 20.2 Å². The summed E-state index contributed by atoms with van der Waals surface area (Å²) < 4.78 is 0. The molecular formula is C6H10Cl2O. The lowest BCUT2D eigenvalue weighted by molar-refractivity contribution is 0.124. The zero-order valence-electron chi connectivity index (χ0n) is 5.32. The lowest BCUT2D eigenvalue weighted by Crippen LogP contribution is -2.29. The van der Waals surface area contributed by atoms with Gasteiger partial charge in [0.05, 0.1) is 11.5 Å². The third-order valence-corrected chi connectivity index (χ3v) is 2.03. The molecule has 0 saturated heterocycles. The van der Waals surface area contributed by atoms with Crippen LogP contribution in [0.2, 0.25) is 0 Å². The van der Waals surface area contributed by atoms with E-state index in [4.69, 9.17) is 23.2 Å². The first-order chi connectivity index (χ1) is 4.04. The van der Waals surface area contributed by atoms with E-state index in [0.717, 1.165) is 0 Å². The van der Waals surface area contributed by atoms with E-state index in [-0.39, 0.29) is 11.8 Å². The Morgan fingerprint density at radius 1 is 1.67 bits per heavy atom. The summed E-state index contributed by atoms with van der Waals surface area (Å²) in [4.78, 5) is 0. The molecule has 0 rings (SSSR count). The molecule has 0 aliphatic heterocycles. The van der Waals surface area contributed by atoms with Crippen LogP contribution in [0.4, 0.5) is 0 Å². The molecule has 0 heterocycles. The van der Waals surface area contributed by atoms with Crippen molar-refractivity contribution in [1.82, 2.24) is 0 Å². The second kappa shape index (κ2) is 3.45. The summed E-state index contributed by atoms with van der Waals surface area (Å²) in [7, 11) is 0. The summed E-state index contributed by atoms with van der Waals surface area (Å²) in [6.07, 6.45) is 0. The fraction of sp³-hybridized carbons (Fsp3) is 0.667. The first-order valence-electron chi connectivity index (χ1n) is 2.57. The van der Waals surface area contributed by atoms with E-state index in [1.165, 1.54) is 0 Å². The third-order valence-electron chi connectivity index (χ3n) is 1.18. The molecule has 0 saturated carbocycles. The summed E-state index contributed by atoms with van der Waals surface area (Å²) in [5, 5.41) is 9.28. The minimum atomic E-state index is -1.01. The molecule has 0 radical (unpaired) electrons. The minimum Gasteiger partial charge on any atom is -0.385 e. The van der Waals surface area contributed by atoms with Crippen LogP contribution >= 0.6 is 23.2 Å². The Morgan fingerprint density at radius 2 is 2.11 bits per heavy atom. The standard InChI is InChI=1S/C6H10Cl2O/c1-5(3-7)6(2,9)4-8/h9H,1,3-4H2,2H3/t6-/m1/s1. The molecule has 1 N–H and O–H groups in total. The van der Waals surface area contributed by atoms with Crippen LogP contribution in [-0.2, 0) is 0 Å². The molecule has 1 nitrogen and oxygen atoms in total. The monoisotopic (exact) mass is 168 g/mol. The lowest BCUT2D eigenvalue weighted by Gasteiger charge is -2.20. The summed E-state index contributed by atoms with van der Waals surface area (Å²) in [5.74, 6) is 0.387. The van der Waals surface area contributed by atoms with E-state index >= 15 is 0 Å². The fourth-order valence-electron chi connectivity index (χ4n) is 0.238. The molecule has 0 amide bonds. The lowest BCUT2D eigenvalue weighted by atomic mass is 10.0. The van der Waals surface area contributed by atoms with E-state index in [9.17, 15) is 5.11 Å². The van der Waals surface area contributed by atoms with Crippen molar-refractivity contribution >= 4 is 23.2 Å². The van der Waals surface area contributed by atoms with E-state index < -0.39 is 5.60 Å². The number of hydrogen-bond donors (Lipinski definition) is 1. The van der Waals surface area contributed by atoms with Gasteiger partial charge in [0.2, 0.25) is 0 Å². The average Bonchev–Trinajstić information content (AvgIpc) is 1.86. The maximum Gasteiger partial charge on any atom is 0.0972 e. The van der Waals surface area contributed by atoms with Gasteiger partial charge in [-0.25, -0.2) is 0 Å². The number of halogens is 2. The van der Waals surface area contributed by atoms with Gasteiger partial charge in [0, 0.05) is 5.88 Å². The fourth-order valence-corrected chi connectivity index (χ4v) is 0.715. The van der Waals surface area contributed by atoms with Gasteiger partial charge in [-0.05, 0) is 12.5 Å². The Kier molecular flexibility index (Phi) is 3.56. The Hall–Kier alpha value is 0.280. The number of hydrogen-bond acceptors (Lipinski definition) is 1. The molecule has 0 aromatic rings. The molecule has 9 heavy (non-hydrogen) atoms. The molecule has 0 spiro atoms. The molecule has 0 aromatic carbocycles. The van der Waals surface area contributed by atoms with Crippen molar-refractivity contribution in [3.05, 3.63) is 12.2 Å². The summed E-state index contributed by atoms with van der Waals surface area (Å²) >= 11 is 10.8. The van der Waals surface area contributed by atoms with Gasteiger partial charge in [-0.2, -0.15) is 0 Å². The van der Waals surface area contributed by atoms with Gasteiger partial charge in [0.25, 0.3) is 0 Å². The van der Waals surface area contributed by atoms with Gasteiger partial charge in [0.15, 0.2) is 0 Å². The molecule has 0 aliphatic rings. The summed E-state index contributed by atoms with van der Waals surface area (Å²) in [6, 6.07) is 0. The second-order valence-corrected chi connectivity index (χ2v) is 2.68. The van der Waals surface area contributed by atoms with Gasteiger partial charge in [-0.1, -0.05) is 6.58 Å². The zero-order valence-corrected chi connectivity index (χ0v) is 6.84. The molecule has 0 aliphatic carbocycles. The molecule has 54 valence electrons. The van der Waals surface area contributed by atoms with E-state index in [0.29, 0.717) is 5.57 Å². The Labute approximate surface area is 65.3 Å². The highest BCUT2D eigenvalue weighted by Crippen LogP contribution is 2.16. The van der Waals surface area contributed by atoms with E-state index in [2.05, 4.69) is 6.58 Å². The van der Waals surface area contributed by atoms with Crippen molar-refractivity contribution in [2.24, 2.45) is 0 Å². The second-order valence-electron chi connectivity index (χ2n) is 2.14. The van der Waals surface area contributed by atoms with Gasteiger partial charge in [-0.3, -0.25) is 0 Å². The van der Waals surface area contributed by atoms with Crippen LogP contribution in [0.5, 0.6) is 0 Å². The predicted molar refractivity (Wildman–Crippen MR) is 41.2 cm³/mol. The highest BCUT2D eigenvalue weighted by Gasteiger charge is 2.21. The summed E-state index contributed by atoms with van der Waals surface area (Å²) in [5.41, 5.74) is -0.456. The third kappa shape index (κ3) is 2.57. The van der Waals surface area contributed by atoms with Crippen molar-refractivity contribution in [2.45, 2.75) is 12.5 Å². The number of alkyl halides is 2. The first kappa shape index (κ1) is 9.28. The van der Waals surface area contributed by atoms with Crippen molar-refractivity contribution in [3.63, 3.8) is 0 Å². The number of rotatable bonds is 3. The maximum absolute atomic E-state index is 9.28. The Morgan fingerprint density at radius 3 is 2.22 bits per heavy atom. The maximum atomic E-state index is 9.28. The molecule has 3 heteroatoms. The van der Waals surface area contributed by atoms with Gasteiger partial charge in [0.1, 0.15) is 0 Å². The van der Waals surface area contributed by atoms with Gasteiger partial charge in [-0.15, -0.1) is 23.2 Å². The molecule has 1 atom stereocenters. The Bertz CT molecular complexity index is 110. The van der Waals surface area contributed by atoms with Gasteiger partial charge < -0.3 is 5.11 Å². The molecule has 0 bridgehead atoms. The minimum absolute atomic E-state index is 0.137. The van der Waals surface area contributed by atoms with Crippen molar-refractivity contribution in [2.75, 3.05) is 11.8 Å². The van der Waals surface area contributed by atoms with Crippen molar-refractivity contribution < 1.29 is 5.11 Å². The average molecular weight is 169 g/mol. The van der Waals surface area contributed by atoms with Crippen LogP contribution in [0.1, 0.15) is 6.92 Å². The van der Waals surface area contributed by atoms with Crippen LogP contribution in [0.3, 0.4) is 0 Å². The largest absolute Gasteiger partial charge is 0.385 e. The normalized spacial score (nSPS) is 16.9.